The lowest BCUT2D eigenvalue weighted by atomic mass is 10.2. The van der Waals surface area contributed by atoms with Gasteiger partial charge in [-0.2, -0.15) is 5.10 Å². The van der Waals surface area contributed by atoms with Crippen LogP contribution in [-0.2, 0) is 17.1 Å². The van der Waals surface area contributed by atoms with Crippen LogP contribution >= 0.6 is 11.6 Å². The van der Waals surface area contributed by atoms with Crippen LogP contribution in [0, 0.1) is 0 Å². The fraction of sp³-hybridized carbons (Fsp3) is 0.154. The van der Waals surface area contributed by atoms with Gasteiger partial charge in [0.2, 0.25) is 0 Å². The van der Waals surface area contributed by atoms with Crippen LogP contribution in [0.2, 0.25) is 5.02 Å². The van der Waals surface area contributed by atoms with Crippen molar-refractivity contribution in [3.05, 3.63) is 41.3 Å². The summed E-state index contributed by atoms with van der Waals surface area (Å²) < 4.78 is 54.1. The van der Waals surface area contributed by atoms with E-state index in [1.165, 1.54) is 13.2 Å². The number of H-pyrrole nitrogens is 1. The Bertz CT molecular complexity index is 981. The number of halogens is 3. The number of anilines is 1. The maximum Gasteiger partial charge on any atom is 0.282 e. The lowest BCUT2D eigenvalue weighted by molar-refractivity contribution is 0.141. The minimum Gasteiger partial charge on any atom is -0.360 e. The molecule has 0 amide bonds. The molecule has 23 heavy (non-hydrogen) atoms. The van der Waals surface area contributed by atoms with Crippen LogP contribution in [0.25, 0.3) is 10.9 Å². The van der Waals surface area contributed by atoms with E-state index in [9.17, 15) is 17.2 Å². The SMILES string of the molecule is Cn1ncc(NS(=O)(=O)c2c[nH]c3cc(Cl)ccc23)c1C(F)F. The molecule has 0 saturated carbocycles. The van der Waals surface area contributed by atoms with Gasteiger partial charge in [-0.25, -0.2) is 17.2 Å². The molecule has 0 aliphatic rings. The fourth-order valence-corrected chi connectivity index (χ4v) is 3.69. The van der Waals surface area contributed by atoms with Gasteiger partial charge in [-0.15, -0.1) is 0 Å². The molecule has 2 aromatic heterocycles. The van der Waals surface area contributed by atoms with Gasteiger partial charge in [0.15, 0.2) is 0 Å². The molecule has 0 spiro atoms. The van der Waals surface area contributed by atoms with E-state index in [0.29, 0.717) is 15.9 Å². The van der Waals surface area contributed by atoms with E-state index >= 15 is 0 Å². The van der Waals surface area contributed by atoms with Crippen molar-refractivity contribution >= 4 is 38.2 Å². The zero-order valence-electron chi connectivity index (χ0n) is 11.7. The first-order valence-corrected chi connectivity index (χ1v) is 8.25. The average Bonchev–Trinajstić information content (AvgIpc) is 3.02. The minimum absolute atomic E-state index is 0.0618. The molecule has 6 nitrogen and oxygen atoms in total. The van der Waals surface area contributed by atoms with Crippen LogP contribution in [-0.4, -0.2) is 23.2 Å². The molecular formula is C13H11ClF2N4O2S. The van der Waals surface area contributed by atoms with Gasteiger partial charge < -0.3 is 4.98 Å². The van der Waals surface area contributed by atoms with Gasteiger partial charge in [-0.3, -0.25) is 9.40 Å². The Labute approximate surface area is 135 Å². The molecular weight excluding hydrogens is 350 g/mol. The summed E-state index contributed by atoms with van der Waals surface area (Å²) in [6, 6.07) is 4.66. The van der Waals surface area contributed by atoms with Crippen molar-refractivity contribution in [2.45, 2.75) is 11.3 Å². The summed E-state index contributed by atoms with van der Waals surface area (Å²) >= 11 is 5.85. The van der Waals surface area contributed by atoms with Crippen LogP contribution in [0.15, 0.2) is 35.5 Å². The Kier molecular flexibility index (Phi) is 3.77. The Hall–Kier alpha value is -2.13. The average molecular weight is 361 g/mol. The van der Waals surface area contributed by atoms with E-state index in [1.807, 2.05) is 0 Å². The molecule has 3 rings (SSSR count). The predicted molar refractivity (Wildman–Crippen MR) is 82.3 cm³/mol. The number of sulfonamides is 1. The molecule has 3 aromatic rings. The summed E-state index contributed by atoms with van der Waals surface area (Å²) in [5, 5.41) is 4.52. The van der Waals surface area contributed by atoms with Crippen LogP contribution in [0.5, 0.6) is 0 Å². The van der Waals surface area contributed by atoms with E-state index in [4.69, 9.17) is 11.6 Å². The predicted octanol–water partition coefficient (Wildman–Crippen LogP) is 3.29. The van der Waals surface area contributed by atoms with E-state index in [-0.39, 0.29) is 10.6 Å². The van der Waals surface area contributed by atoms with Crippen LogP contribution in [0.4, 0.5) is 14.5 Å². The maximum absolute atomic E-state index is 13.0. The van der Waals surface area contributed by atoms with Crippen molar-refractivity contribution in [1.82, 2.24) is 14.8 Å². The van der Waals surface area contributed by atoms with Gasteiger partial charge in [0.1, 0.15) is 10.6 Å². The van der Waals surface area contributed by atoms with Gasteiger partial charge in [-0.05, 0) is 18.2 Å². The van der Waals surface area contributed by atoms with Gasteiger partial charge in [0.05, 0.1) is 11.9 Å². The number of nitrogens with one attached hydrogen (secondary N) is 2. The van der Waals surface area contributed by atoms with Crippen molar-refractivity contribution in [2.75, 3.05) is 4.72 Å². The lowest BCUT2D eigenvalue weighted by Gasteiger charge is -2.08. The topological polar surface area (TPSA) is 79.8 Å². The monoisotopic (exact) mass is 360 g/mol. The van der Waals surface area contributed by atoms with E-state index in [1.54, 1.807) is 18.2 Å². The highest BCUT2D eigenvalue weighted by molar-refractivity contribution is 7.93. The molecule has 1 aromatic carbocycles. The summed E-state index contributed by atoms with van der Waals surface area (Å²) in [5.41, 5.74) is -0.236. The van der Waals surface area contributed by atoms with Crippen molar-refractivity contribution in [3.8, 4) is 0 Å². The highest BCUT2D eigenvalue weighted by Gasteiger charge is 2.25. The number of aromatic amines is 1. The standard InChI is InChI=1S/C13H11ClF2N4O2S/c1-20-12(13(15)16)10(5-18-20)19-23(21,22)11-6-17-9-4-7(14)2-3-8(9)11/h2-6,13,17,19H,1H3. The molecule has 0 bridgehead atoms. The van der Waals surface area contributed by atoms with E-state index in [0.717, 1.165) is 10.9 Å². The summed E-state index contributed by atoms with van der Waals surface area (Å²) in [7, 11) is -2.75. The van der Waals surface area contributed by atoms with Crippen LogP contribution < -0.4 is 4.72 Å². The number of benzene rings is 1. The second-order valence-corrected chi connectivity index (χ2v) is 6.90. The molecule has 0 atom stereocenters. The molecule has 0 aliphatic carbocycles. The quantitative estimate of drug-likeness (QED) is 0.749. The third-order valence-corrected chi connectivity index (χ3v) is 4.97. The normalized spacial score (nSPS) is 12.2. The third kappa shape index (κ3) is 2.77. The Morgan fingerprint density at radius 2 is 2.13 bits per heavy atom. The minimum atomic E-state index is -4.06. The zero-order chi connectivity index (χ0) is 16.8. The summed E-state index contributed by atoms with van der Waals surface area (Å²) in [6.45, 7) is 0. The van der Waals surface area contributed by atoms with Crippen molar-refractivity contribution in [3.63, 3.8) is 0 Å². The van der Waals surface area contributed by atoms with Crippen molar-refractivity contribution < 1.29 is 17.2 Å². The number of nitrogens with zero attached hydrogens (tertiary/aromatic N) is 2. The molecule has 0 radical (unpaired) electrons. The van der Waals surface area contributed by atoms with Crippen LogP contribution in [0.1, 0.15) is 12.1 Å². The molecule has 0 aliphatic heterocycles. The number of fused-ring (bicyclic) bond motifs is 1. The first-order valence-electron chi connectivity index (χ1n) is 6.39. The molecule has 0 saturated heterocycles. The van der Waals surface area contributed by atoms with Gasteiger partial charge in [-0.1, -0.05) is 11.6 Å². The second kappa shape index (κ2) is 5.50. The highest BCUT2D eigenvalue weighted by atomic mass is 35.5. The van der Waals surface area contributed by atoms with Gasteiger partial charge in [0, 0.05) is 29.2 Å². The zero-order valence-corrected chi connectivity index (χ0v) is 13.3. The van der Waals surface area contributed by atoms with Crippen molar-refractivity contribution in [1.29, 1.82) is 0 Å². The second-order valence-electron chi connectivity index (χ2n) is 4.82. The first kappa shape index (κ1) is 15.8. The molecule has 10 heteroatoms. The molecule has 2 heterocycles. The van der Waals surface area contributed by atoms with E-state index in [2.05, 4.69) is 14.8 Å². The van der Waals surface area contributed by atoms with Crippen molar-refractivity contribution in [2.24, 2.45) is 7.05 Å². The lowest BCUT2D eigenvalue weighted by Crippen LogP contribution is -2.14. The van der Waals surface area contributed by atoms with Gasteiger partial charge >= 0.3 is 0 Å². The summed E-state index contributed by atoms with van der Waals surface area (Å²) in [5.74, 6) is 0. The molecule has 0 unspecified atom stereocenters. The summed E-state index contributed by atoms with van der Waals surface area (Å²) in [6.07, 6.45) is -0.533. The smallest absolute Gasteiger partial charge is 0.282 e. The number of aryl methyl sites for hydroxylation is 1. The molecule has 0 fully saturated rings. The first-order chi connectivity index (χ1) is 10.8. The Morgan fingerprint density at radius 1 is 1.39 bits per heavy atom. The Morgan fingerprint density at radius 3 is 2.83 bits per heavy atom. The summed E-state index contributed by atoms with van der Waals surface area (Å²) in [4.78, 5) is 2.73. The van der Waals surface area contributed by atoms with Gasteiger partial charge in [0.25, 0.3) is 16.4 Å². The Balaban J connectivity index is 2.05. The third-order valence-electron chi connectivity index (χ3n) is 3.33. The number of aromatic nitrogens is 3. The van der Waals surface area contributed by atoms with Crippen LogP contribution in [0.3, 0.4) is 0 Å². The largest absolute Gasteiger partial charge is 0.360 e. The molecule has 2 N–H and O–H groups in total. The highest BCUT2D eigenvalue weighted by Crippen LogP contribution is 2.30. The van der Waals surface area contributed by atoms with E-state index < -0.39 is 22.1 Å². The number of rotatable bonds is 4. The number of hydrogen-bond acceptors (Lipinski definition) is 3. The molecule has 122 valence electrons. The number of alkyl halides is 2. The number of hydrogen-bond donors (Lipinski definition) is 2. The fourth-order valence-electron chi connectivity index (χ4n) is 2.28. The maximum atomic E-state index is 13.0.